The summed E-state index contributed by atoms with van der Waals surface area (Å²) in [5.41, 5.74) is 0.576. The summed E-state index contributed by atoms with van der Waals surface area (Å²) in [4.78, 5) is 18.6. The van der Waals surface area contributed by atoms with E-state index in [1.807, 2.05) is 20.8 Å². The molecule has 8 heteroatoms. The monoisotopic (exact) mass is 343 g/mol. The number of carbonyl (C=O) groups excluding carboxylic acids is 1. The van der Waals surface area contributed by atoms with Crippen LogP contribution in [0.5, 0.6) is 0 Å². The average molecular weight is 343 g/mol. The molecular weight excluding hydrogens is 318 g/mol. The molecule has 0 spiro atoms. The number of hydrogen-bond acceptors (Lipinski definition) is 5. The molecule has 23 heavy (non-hydrogen) atoms. The number of rotatable bonds is 5. The number of amides is 1. The molecule has 1 aromatic rings. The largest absolute Gasteiger partial charge is 0.435 e. The molecule has 0 aromatic carbocycles. The van der Waals surface area contributed by atoms with Crippen LogP contribution in [0.2, 0.25) is 0 Å². The maximum absolute atomic E-state index is 12.7. The molecule has 2 unspecified atom stereocenters. The van der Waals surface area contributed by atoms with Gasteiger partial charge in [-0.25, -0.2) is 18.1 Å². The summed E-state index contributed by atoms with van der Waals surface area (Å²) < 4.78 is 31.3. The summed E-state index contributed by atoms with van der Waals surface area (Å²) in [5.74, 6) is 0.899. The van der Waals surface area contributed by atoms with Gasteiger partial charge in [-0.1, -0.05) is 20.8 Å². The predicted molar refractivity (Wildman–Crippen MR) is 86.6 cm³/mol. The molecule has 1 aliphatic heterocycles. The van der Waals surface area contributed by atoms with E-state index in [1.54, 1.807) is 11.8 Å². The Morgan fingerprint density at radius 2 is 2.09 bits per heavy atom. The minimum absolute atomic E-state index is 0.0718. The molecular formula is C15H25N3O4S. The van der Waals surface area contributed by atoms with Gasteiger partial charge in [0.15, 0.2) is 5.89 Å². The first-order valence-electron chi connectivity index (χ1n) is 7.85. The number of likely N-dealkylation sites (tertiary alicyclic amines) is 1. The Labute approximate surface area is 137 Å². The van der Waals surface area contributed by atoms with Crippen LogP contribution >= 0.6 is 0 Å². The first kappa shape index (κ1) is 17.9. The fraction of sp³-hybridized carbons (Fsp3) is 0.733. The lowest BCUT2D eigenvalue weighted by atomic mass is 9.92. The second-order valence-electron chi connectivity index (χ2n) is 6.49. The van der Waals surface area contributed by atoms with Crippen LogP contribution in [0.3, 0.4) is 0 Å². The Hall–Kier alpha value is -1.41. The van der Waals surface area contributed by atoms with Crippen molar-refractivity contribution in [3.63, 3.8) is 0 Å². The fourth-order valence-electron chi connectivity index (χ4n) is 3.02. The van der Waals surface area contributed by atoms with E-state index in [1.165, 1.54) is 0 Å². The lowest BCUT2D eigenvalue weighted by molar-refractivity contribution is 0.0748. The molecule has 0 aliphatic carbocycles. The maximum atomic E-state index is 12.7. The molecule has 1 saturated heterocycles. The summed E-state index contributed by atoms with van der Waals surface area (Å²) in [7, 11) is -3.32. The van der Waals surface area contributed by atoms with Crippen molar-refractivity contribution in [2.75, 3.05) is 19.3 Å². The van der Waals surface area contributed by atoms with Gasteiger partial charge >= 0.3 is 0 Å². The first-order valence-corrected chi connectivity index (χ1v) is 9.74. The van der Waals surface area contributed by atoms with E-state index >= 15 is 0 Å². The van der Waals surface area contributed by atoms with E-state index in [2.05, 4.69) is 9.71 Å². The summed E-state index contributed by atoms with van der Waals surface area (Å²) in [6.07, 6.45) is 1.77. The van der Waals surface area contributed by atoms with E-state index in [9.17, 15) is 13.2 Å². The second-order valence-corrected chi connectivity index (χ2v) is 8.27. The zero-order chi connectivity index (χ0) is 17.4. The zero-order valence-corrected chi connectivity index (χ0v) is 15.1. The Bertz CT molecular complexity index is 681. The minimum atomic E-state index is -3.32. The smallest absolute Gasteiger partial charge is 0.291 e. The summed E-state index contributed by atoms with van der Waals surface area (Å²) >= 11 is 0. The van der Waals surface area contributed by atoms with E-state index in [0.717, 1.165) is 6.26 Å². The molecule has 0 saturated carbocycles. The highest BCUT2D eigenvalue weighted by molar-refractivity contribution is 7.88. The molecule has 7 nitrogen and oxygen atoms in total. The van der Waals surface area contributed by atoms with Gasteiger partial charge < -0.3 is 9.32 Å². The Morgan fingerprint density at radius 3 is 2.57 bits per heavy atom. The van der Waals surface area contributed by atoms with Crippen LogP contribution in [0.25, 0.3) is 0 Å². The van der Waals surface area contributed by atoms with Gasteiger partial charge in [0.25, 0.3) is 5.91 Å². The highest BCUT2D eigenvalue weighted by Gasteiger charge is 2.39. The Morgan fingerprint density at radius 1 is 1.43 bits per heavy atom. The quantitative estimate of drug-likeness (QED) is 0.867. The first-order chi connectivity index (χ1) is 10.6. The van der Waals surface area contributed by atoms with Crippen LogP contribution in [0.4, 0.5) is 0 Å². The topological polar surface area (TPSA) is 92.5 Å². The number of nitrogens with zero attached hydrogens (tertiary/aromatic N) is 2. The van der Waals surface area contributed by atoms with E-state index in [0.29, 0.717) is 31.1 Å². The molecule has 1 aliphatic rings. The van der Waals surface area contributed by atoms with Gasteiger partial charge in [0.2, 0.25) is 15.8 Å². The van der Waals surface area contributed by atoms with E-state index in [-0.39, 0.29) is 29.5 Å². The van der Waals surface area contributed by atoms with Crippen molar-refractivity contribution in [2.45, 2.75) is 40.2 Å². The van der Waals surface area contributed by atoms with Crippen LogP contribution in [-0.2, 0) is 16.4 Å². The minimum Gasteiger partial charge on any atom is -0.435 e. The van der Waals surface area contributed by atoms with Crippen molar-refractivity contribution in [1.82, 2.24) is 14.6 Å². The lowest BCUT2D eigenvalue weighted by Crippen LogP contribution is -2.41. The van der Waals surface area contributed by atoms with Gasteiger partial charge in [-0.3, -0.25) is 4.79 Å². The Balaban J connectivity index is 2.20. The summed E-state index contributed by atoms with van der Waals surface area (Å²) in [6, 6.07) is -0.275. The van der Waals surface area contributed by atoms with Crippen LogP contribution in [0, 0.1) is 18.8 Å². The van der Waals surface area contributed by atoms with Gasteiger partial charge in [0.1, 0.15) is 0 Å². The van der Waals surface area contributed by atoms with Crippen LogP contribution in [0.15, 0.2) is 4.42 Å². The highest BCUT2D eigenvalue weighted by Crippen LogP contribution is 2.27. The standard InChI is InChI=1S/C15H25N3O4S/c1-6-13-16-10(4)14(22-13)15(19)18-7-11(9(2)3)12(8-18)17-23(5,20)21/h9,11-12,17H,6-8H2,1-5H3. The van der Waals surface area contributed by atoms with Crippen molar-refractivity contribution in [3.8, 4) is 0 Å². The number of hydrogen-bond donors (Lipinski definition) is 1. The Kier molecular flexibility index (Phi) is 5.15. The number of nitrogens with one attached hydrogen (secondary N) is 1. The van der Waals surface area contributed by atoms with Gasteiger partial charge in [-0.05, 0) is 18.8 Å². The number of aromatic nitrogens is 1. The second kappa shape index (κ2) is 6.60. The van der Waals surface area contributed by atoms with Crippen molar-refractivity contribution in [3.05, 3.63) is 17.3 Å². The third kappa shape index (κ3) is 4.11. The SMILES string of the molecule is CCc1nc(C)c(C(=O)N2CC(NS(C)(=O)=O)C(C(C)C)C2)o1. The zero-order valence-electron chi connectivity index (χ0n) is 14.3. The number of aryl methyl sites for hydroxylation is 2. The lowest BCUT2D eigenvalue weighted by Gasteiger charge is -2.21. The van der Waals surface area contributed by atoms with Crippen molar-refractivity contribution in [2.24, 2.45) is 11.8 Å². The van der Waals surface area contributed by atoms with Gasteiger partial charge in [0.05, 0.1) is 11.9 Å². The number of carbonyl (C=O) groups is 1. The third-order valence-corrected chi connectivity index (χ3v) is 4.94. The van der Waals surface area contributed by atoms with E-state index in [4.69, 9.17) is 4.42 Å². The van der Waals surface area contributed by atoms with Crippen molar-refractivity contribution in [1.29, 1.82) is 0 Å². The fourth-order valence-corrected chi connectivity index (χ4v) is 3.81. The molecule has 2 heterocycles. The molecule has 2 rings (SSSR count). The molecule has 1 amide bonds. The number of sulfonamides is 1. The van der Waals surface area contributed by atoms with Gasteiger partial charge in [0, 0.05) is 25.6 Å². The van der Waals surface area contributed by atoms with Crippen LogP contribution in [0.1, 0.15) is 42.9 Å². The summed E-state index contributed by atoms with van der Waals surface area (Å²) in [6.45, 7) is 8.57. The average Bonchev–Trinajstić information content (AvgIpc) is 3.00. The van der Waals surface area contributed by atoms with E-state index < -0.39 is 10.0 Å². The van der Waals surface area contributed by atoms with Gasteiger partial charge in [-0.2, -0.15) is 0 Å². The molecule has 130 valence electrons. The molecule has 2 atom stereocenters. The van der Waals surface area contributed by atoms with Crippen molar-refractivity contribution < 1.29 is 17.6 Å². The molecule has 1 aromatic heterocycles. The normalized spacial score (nSPS) is 22.1. The maximum Gasteiger partial charge on any atom is 0.291 e. The molecule has 1 fully saturated rings. The highest BCUT2D eigenvalue weighted by atomic mass is 32.2. The summed E-state index contributed by atoms with van der Waals surface area (Å²) in [5, 5.41) is 0. The molecule has 0 radical (unpaired) electrons. The molecule has 1 N–H and O–H groups in total. The van der Waals surface area contributed by atoms with Crippen LogP contribution < -0.4 is 4.72 Å². The predicted octanol–water partition coefficient (Wildman–Crippen LogP) is 1.19. The van der Waals surface area contributed by atoms with Gasteiger partial charge in [-0.15, -0.1) is 0 Å². The van der Waals surface area contributed by atoms with Crippen molar-refractivity contribution >= 4 is 15.9 Å². The third-order valence-electron chi connectivity index (χ3n) is 4.21. The molecule has 0 bridgehead atoms. The number of oxazole rings is 1. The van der Waals surface area contributed by atoms with Crippen LogP contribution in [-0.4, -0.2) is 49.6 Å².